The van der Waals surface area contributed by atoms with Crippen LogP contribution in [0, 0.1) is 13.8 Å². The van der Waals surface area contributed by atoms with Crippen molar-refractivity contribution in [1.82, 2.24) is 9.99 Å². The van der Waals surface area contributed by atoms with Gasteiger partial charge in [0.15, 0.2) is 11.5 Å². The minimum atomic E-state index is -0.408. The Hall–Kier alpha value is -4.07. The molecule has 0 atom stereocenters. The van der Waals surface area contributed by atoms with Gasteiger partial charge in [-0.2, -0.15) is 5.10 Å². The number of rotatable bonds is 5. The van der Waals surface area contributed by atoms with Gasteiger partial charge in [-0.25, -0.2) is 10.2 Å². The predicted octanol–water partition coefficient (Wildman–Crippen LogP) is 3.37. The standard InChI is InChI=1S/C23H21N3O5/c1-14-10-17(15(2)26(14)19-7-5-4-6-18(19)23(28)29-3)12-24-25-22(27)16-8-9-20-21(11-16)31-13-30-20/h4-12H,13H2,1-3H3,(H,25,27)/b24-12-. The molecule has 3 aromatic rings. The van der Waals surface area contributed by atoms with Crippen molar-refractivity contribution in [2.45, 2.75) is 13.8 Å². The van der Waals surface area contributed by atoms with Gasteiger partial charge in [-0.05, 0) is 50.2 Å². The van der Waals surface area contributed by atoms with Crippen molar-refractivity contribution in [2.75, 3.05) is 13.9 Å². The number of hydrazone groups is 1. The molecule has 4 rings (SSSR count). The van der Waals surface area contributed by atoms with E-state index in [9.17, 15) is 9.59 Å². The smallest absolute Gasteiger partial charge is 0.339 e. The summed E-state index contributed by atoms with van der Waals surface area (Å²) < 4.78 is 17.4. The molecule has 2 aromatic carbocycles. The molecule has 0 spiro atoms. The minimum absolute atomic E-state index is 0.146. The van der Waals surface area contributed by atoms with Crippen molar-refractivity contribution < 1.29 is 23.8 Å². The molecule has 158 valence electrons. The number of para-hydroxylation sites is 1. The molecule has 0 saturated carbocycles. The van der Waals surface area contributed by atoms with Crippen molar-refractivity contribution in [1.29, 1.82) is 0 Å². The molecule has 1 aliphatic heterocycles. The third kappa shape index (κ3) is 3.87. The Morgan fingerprint density at radius 1 is 1.10 bits per heavy atom. The fraction of sp³-hybridized carbons (Fsp3) is 0.174. The molecule has 0 unspecified atom stereocenters. The van der Waals surface area contributed by atoms with Crippen LogP contribution in [-0.2, 0) is 4.74 Å². The molecule has 0 radical (unpaired) electrons. The highest BCUT2D eigenvalue weighted by Gasteiger charge is 2.18. The maximum absolute atomic E-state index is 12.4. The Labute approximate surface area is 179 Å². The summed E-state index contributed by atoms with van der Waals surface area (Å²) in [5, 5.41) is 4.09. The fourth-order valence-corrected chi connectivity index (χ4v) is 3.50. The number of ether oxygens (including phenoxy) is 3. The molecular weight excluding hydrogens is 398 g/mol. The van der Waals surface area contributed by atoms with E-state index in [4.69, 9.17) is 14.2 Å². The lowest BCUT2D eigenvalue weighted by atomic mass is 10.1. The number of hydrogen-bond acceptors (Lipinski definition) is 6. The number of fused-ring (bicyclic) bond motifs is 1. The molecule has 8 nitrogen and oxygen atoms in total. The van der Waals surface area contributed by atoms with Crippen LogP contribution in [0.5, 0.6) is 11.5 Å². The third-order valence-electron chi connectivity index (χ3n) is 5.03. The lowest BCUT2D eigenvalue weighted by Crippen LogP contribution is -2.17. The van der Waals surface area contributed by atoms with Crippen molar-refractivity contribution in [3.05, 3.63) is 76.6 Å². The highest BCUT2D eigenvalue weighted by molar-refractivity contribution is 5.96. The third-order valence-corrected chi connectivity index (χ3v) is 5.03. The van der Waals surface area contributed by atoms with Gasteiger partial charge in [0.05, 0.1) is 24.6 Å². The molecule has 1 aliphatic rings. The van der Waals surface area contributed by atoms with Gasteiger partial charge in [-0.1, -0.05) is 12.1 Å². The molecule has 2 heterocycles. The number of aryl methyl sites for hydroxylation is 1. The summed E-state index contributed by atoms with van der Waals surface area (Å²) in [4.78, 5) is 24.6. The zero-order valence-electron chi connectivity index (χ0n) is 17.3. The number of benzene rings is 2. The number of esters is 1. The molecule has 1 aromatic heterocycles. The van der Waals surface area contributed by atoms with Crippen LogP contribution in [-0.4, -0.2) is 36.6 Å². The second-order valence-corrected chi connectivity index (χ2v) is 6.94. The van der Waals surface area contributed by atoms with E-state index < -0.39 is 5.97 Å². The average Bonchev–Trinajstić information content (AvgIpc) is 3.36. The van der Waals surface area contributed by atoms with E-state index in [1.165, 1.54) is 7.11 Å². The zero-order valence-corrected chi connectivity index (χ0v) is 17.3. The van der Waals surface area contributed by atoms with Gasteiger partial charge in [0.25, 0.3) is 5.91 Å². The van der Waals surface area contributed by atoms with E-state index in [-0.39, 0.29) is 12.7 Å². The molecule has 0 bridgehead atoms. The normalized spacial score (nSPS) is 12.2. The Bertz CT molecular complexity index is 1200. The van der Waals surface area contributed by atoms with Gasteiger partial charge >= 0.3 is 5.97 Å². The second kappa shape index (κ2) is 8.35. The van der Waals surface area contributed by atoms with Crippen LogP contribution < -0.4 is 14.9 Å². The van der Waals surface area contributed by atoms with Gasteiger partial charge in [0.2, 0.25) is 6.79 Å². The van der Waals surface area contributed by atoms with Gasteiger partial charge < -0.3 is 18.8 Å². The quantitative estimate of drug-likeness (QED) is 0.389. The monoisotopic (exact) mass is 419 g/mol. The molecule has 8 heteroatoms. The van der Waals surface area contributed by atoms with Crippen molar-refractivity contribution in [3.63, 3.8) is 0 Å². The molecule has 0 aliphatic carbocycles. The van der Waals surface area contributed by atoms with Crippen LogP contribution in [0.2, 0.25) is 0 Å². The first-order valence-corrected chi connectivity index (χ1v) is 9.59. The van der Waals surface area contributed by atoms with E-state index in [1.807, 2.05) is 36.6 Å². The van der Waals surface area contributed by atoms with E-state index in [2.05, 4.69) is 10.5 Å². The Morgan fingerprint density at radius 2 is 1.87 bits per heavy atom. The first-order chi connectivity index (χ1) is 15.0. The topological polar surface area (TPSA) is 91.2 Å². The molecule has 1 amide bonds. The van der Waals surface area contributed by atoms with Crippen molar-refractivity contribution >= 4 is 18.1 Å². The van der Waals surface area contributed by atoms with Gasteiger partial charge in [-0.15, -0.1) is 0 Å². The van der Waals surface area contributed by atoms with Gasteiger partial charge in [-0.3, -0.25) is 4.79 Å². The Morgan fingerprint density at radius 3 is 2.68 bits per heavy atom. The molecular formula is C23H21N3O5. The van der Waals surface area contributed by atoms with E-state index in [1.54, 1.807) is 36.5 Å². The maximum atomic E-state index is 12.4. The summed E-state index contributed by atoms with van der Waals surface area (Å²) in [5.74, 6) is 0.373. The van der Waals surface area contributed by atoms with Crippen LogP contribution in [0.25, 0.3) is 5.69 Å². The minimum Gasteiger partial charge on any atom is -0.465 e. The van der Waals surface area contributed by atoms with E-state index >= 15 is 0 Å². The van der Waals surface area contributed by atoms with Gasteiger partial charge in [0.1, 0.15) is 0 Å². The lowest BCUT2D eigenvalue weighted by molar-refractivity contribution is 0.0600. The van der Waals surface area contributed by atoms with Crippen molar-refractivity contribution in [3.8, 4) is 17.2 Å². The summed E-state index contributed by atoms with van der Waals surface area (Å²) in [7, 11) is 1.36. The number of aromatic nitrogens is 1. The summed E-state index contributed by atoms with van der Waals surface area (Å²) in [6.45, 7) is 4.00. The summed E-state index contributed by atoms with van der Waals surface area (Å²) in [6.07, 6.45) is 1.57. The predicted molar refractivity (Wildman–Crippen MR) is 114 cm³/mol. The van der Waals surface area contributed by atoms with Gasteiger partial charge in [0, 0.05) is 22.5 Å². The largest absolute Gasteiger partial charge is 0.465 e. The molecule has 31 heavy (non-hydrogen) atoms. The molecule has 1 N–H and O–H groups in total. The second-order valence-electron chi connectivity index (χ2n) is 6.94. The lowest BCUT2D eigenvalue weighted by Gasteiger charge is -2.13. The number of methoxy groups -OCH3 is 1. The average molecular weight is 419 g/mol. The number of nitrogens with zero attached hydrogens (tertiary/aromatic N) is 2. The highest BCUT2D eigenvalue weighted by atomic mass is 16.7. The van der Waals surface area contributed by atoms with Crippen LogP contribution in [0.1, 0.15) is 37.7 Å². The summed E-state index contributed by atoms with van der Waals surface area (Å²) in [5.41, 5.74) is 6.71. The zero-order chi connectivity index (χ0) is 22.0. The summed E-state index contributed by atoms with van der Waals surface area (Å²) >= 11 is 0. The van der Waals surface area contributed by atoms with Crippen LogP contribution >= 0.6 is 0 Å². The number of amides is 1. The maximum Gasteiger partial charge on any atom is 0.339 e. The molecule has 0 saturated heterocycles. The first kappa shape index (κ1) is 20.2. The number of hydrogen-bond donors (Lipinski definition) is 1. The molecule has 0 fully saturated rings. The van der Waals surface area contributed by atoms with Crippen LogP contribution in [0.15, 0.2) is 53.6 Å². The summed E-state index contributed by atoms with van der Waals surface area (Å²) in [6, 6.07) is 14.1. The fourth-order valence-electron chi connectivity index (χ4n) is 3.50. The first-order valence-electron chi connectivity index (χ1n) is 9.59. The van der Waals surface area contributed by atoms with Crippen LogP contribution in [0.4, 0.5) is 0 Å². The van der Waals surface area contributed by atoms with Crippen LogP contribution in [0.3, 0.4) is 0 Å². The van der Waals surface area contributed by atoms with E-state index in [0.717, 1.165) is 17.0 Å². The van der Waals surface area contributed by atoms with Crippen molar-refractivity contribution in [2.24, 2.45) is 5.10 Å². The Balaban J connectivity index is 1.55. The van der Waals surface area contributed by atoms with E-state index in [0.29, 0.717) is 28.3 Å². The number of carbonyl (C=O) groups excluding carboxylic acids is 2. The Kier molecular flexibility index (Phi) is 5.44. The number of nitrogens with one attached hydrogen (secondary N) is 1. The SMILES string of the molecule is COC(=O)c1ccccc1-n1c(C)cc(/C=N\NC(=O)c2ccc3c(c2)OCO3)c1C. The number of carbonyl (C=O) groups is 2. The highest BCUT2D eigenvalue weighted by Crippen LogP contribution is 2.32.